The van der Waals surface area contributed by atoms with Gasteiger partial charge in [0.2, 0.25) is 0 Å². The van der Waals surface area contributed by atoms with Crippen LogP contribution in [-0.4, -0.2) is 21.1 Å². The average molecular weight is 289 g/mol. The van der Waals surface area contributed by atoms with Gasteiger partial charge in [-0.25, -0.2) is 9.78 Å². The van der Waals surface area contributed by atoms with E-state index in [1.165, 1.54) is 0 Å². The Labute approximate surface area is 125 Å². The van der Waals surface area contributed by atoms with Crippen molar-refractivity contribution in [2.45, 2.75) is 52.7 Å². The predicted octanol–water partition coefficient (Wildman–Crippen LogP) is 3.40. The lowest BCUT2D eigenvalue weighted by Gasteiger charge is -2.27. The lowest BCUT2D eigenvalue weighted by atomic mass is 10.1. The number of amides is 1. The number of nitrogens with zero attached hydrogens (tertiary/aromatic N) is 2. The molecule has 0 aliphatic heterocycles. The Bertz CT molecular complexity index is 666. The molecule has 2 aromatic heterocycles. The van der Waals surface area contributed by atoms with Gasteiger partial charge >= 0.3 is 6.09 Å². The number of imidazole rings is 1. The topological polar surface area (TPSA) is 55.6 Å². The minimum atomic E-state index is -0.636. The Balaban J connectivity index is 2.30. The zero-order chi connectivity index (χ0) is 15.8. The van der Waals surface area contributed by atoms with Gasteiger partial charge in [0.15, 0.2) is 0 Å². The van der Waals surface area contributed by atoms with Crippen LogP contribution in [-0.2, 0) is 10.3 Å². The molecule has 0 saturated carbocycles. The average Bonchev–Trinajstić information content (AvgIpc) is 2.71. The van der Waals surface area contributed by atoms with Crippen LogP contribution < -0.4 is 5.32 Å². The van der Waals surface area contributed by atoms with Crippen LogP contribution in [0.5, 0.6) is 0 Å². The Hall–Kier alpha value is -2.04. The van der Waals surface area contributed by atoms with Gasteiger partial charge in [0.1, 0.15) is 11.4 Å². The molecular formula is C16H23N3O2. The van der Waals surface area contributed by atoms with Crippen molar-refractivity contribution >= 4 is 11.6 Å². The highest BCUT2D eigenvalue weighted by molar-refractivity contribution is 5.69. The van der Waals surface area contributed by atoms with Gasteiger partial charge in [-0.2, -0.15) is 0 Å². The number of pyridine rings is 1. The summed E-state index contributed by atoms with van der Waals surface area (Å²) in [5.74, 6) is 0.770. The zero-order valence-corrected chi connectivity index (χ0v) is 13.5. The van der Waals surface area contributed by atoms with Crippen LogP contribution in [0.25, 0.3) is 5.52 Å². The van der Waals surface area contributed by atoms with E-state index in [9.17, 15) is 4.79 Å². The Kier molecular flexibility index (Phi) is 3.70. The molecule has 0 spiro atoms. The van der Waals surface area contributed by atoms with Gasteiger partial charge in [-0.05, 0) is 53.2 Å². The number of aryl methyl sites for hydroxylation is 1. The zero-order valence-electron chi connectivity index (χ0n) is 13.5. The summed E-state index contributed by atoms with van der Waals surface area (Å²) in [5.41, 5.74) is 1.02. The number of ether oxygens (including phenoxy) is 1. The molecule has 2 aromatic rings. The molecule has 0 radical (unpaired) electrons. The molecular weight excluding hydrogens is 266 g/mol. The quantitative estimate of drug-likeness (QED) is 0.921. The van der Waals surface area contributed by atoms with Gasteiger partial charge in [-0.1, -0.05) is 6.07 Å². The molecule has 0 aliphatic rings. The van der Waals surface area contributed by atoms with Crippen LogP contribution in [0, 0.1) is 6.92 Å². The van der Waals surface area contributed by atoms with Gasteiger partial charge in [0.05, 0.1) is 17.3 Å². The first-order valence-corrected chi connectivity index (χ1v) is 7.04. The molecule has 1 N–H and O–H groups in total. The molecule has 114 valence electrons. The maximum Gasteiger partial charge on any atom is 0.408 e. The summed E-state index contributed by atoms with van der Waals surface area (Å²) in [4.78, 5) is 16.5. The summed E-state index contributed by atoms with van der Waals surface area (Å²) in [5, 5.41) is 2.88. The number of aromatic nitrogens is 2. The van der Waals surface area contributed by atoms with Crippen LogP contribution in [0.15, 0.2) is 24.5 Å². The van der Waals surface area contributed by atoms with E-state index in [4.69, 9.17) is 4.74 Å². The minimum Gasteiger partial charge on any atom is -0.444 e. The fraction of sp³-hybridized carbons (Fsp3) is 0.500. The maximum absolute atomic E-state index is 12.0. The molecule has 0 fully saturated rings. The fourth-order valence-electron chi connectivity index (χ4n) is 2.24. The normalized spacial score (nSPS) is 12.5. The summed E-state index contributed by atoms with van der Waals surface area (Å²) in [7, 11) is 0. The largest absolute Gasteiger partial charge is 0.444 e. The second kappa shape index (κ2) is 5.06. The first-order valence-electron chi connectivity index (χ1n) is 7.04. The monoisotopic (exact) mass is 289 g/mol. The number of nitrogens with one attached hydrogen (secondary N) is 1. The Morgan fingerprint density at radius 2 is 1.95 bits per heavy atom. The molecule has 0 bridgehead atoms. The molecule has 21 heavy (non-hydrogen) atoms. The third kappa shape index (κ3) is 3.35. The van der Waals surface area contributed by atoms with Gasteiger partial charge in [-0.3, -0.25) is 0 Å². The van der Waals surface area contributed by atoms with Gasteiger partial charge in [0.25, 0.3) is 0 Å². The fourth-order valence-corrected chi connectivity index (χ4v) is 2.24. The van der Waals surface area contributed by atoms with E-state index < -0.39 is 17.2 Å². The summed E-state index contributed by atoms with van der Waals surface area (Å²) in [6, 6.07) is 4.01. The maximum atomic E-state index is 12.0. The molecule has 0 saturated heterocycles. The van der Waals surface area contributed by atoms with Crippen molar-refractivity contribution in [1.29, 1.82) is 0 Å². The molecule has 2 heterocycles. The molecule has 0 unspecified atom stereocenters. The molecule has 0 atom stereocenters. The lowest BCUT2D eigenvalue weighted by Crippen LogP contribution is -2.44. The number of alkyl carbamates (subject to hydrolysis) is 1. The highest BCUT2D eigenvalue weighted by Gasteiger charge is 2.30. The highest BCUT2D eigenvalue weighted by Crippen LogP contribution is 2.22. The van der Waals surface area contributed by atoms with Crippen molar-refractivity contribution in [3.63, 3.8) is 0 Å². The van der Waals surface area contributed by atoms with E-state index in [1.807, 2.05) is 70.5 Å². The third-order valence-corrected chi connectivity index (χ3v) is 3.15. The predicted molar refractivity (Wildman–Crippen MR) is 82.3 cm³/mol. The first kappa shape index (κ1) is 15.4. The second-order valence-corrected chi connectivity index (χ2v) is 6.78. The van der Waals surface area contributed by atoms with E-state index in [0.29, 0.717) is 0 Å². The van der Waals surface area contributed by atoms with Crippen molar-refractivity contribution in [2.24, 2.45) is 0 Å². The number of hydrogen-bond acceptors (Lipinski definition) is 3. The van der Waals surface area contributed by atoms with Crippen molar-refractivity contribution in [3.8, 4) is 0 Å². The van der Waals surface area contributed by atoms with Crippen molar-refractivity contribution < 1.29 is 9.53 Å². The molecule has 5 nitrogen and oxygen atoms in total. The molecule has 0 aromatic carbocycles. The van der Waals surface area contributed by atoms with Gasteiger partial charge < -0.3 is 14.5 Å². The van der Waals surface area contributed by atoms with Crippen LogP contribution in [0.2, 0.25) is 0 Å². The van der Waals surface area contributed by atoms with Crippen molar-refractivity contribution in [3.05, 3.63) is 35.9 Å². The Morgan fingerprint density at radius 1 is 1.29 bits per heavy atom. The van der Waals surface area contributed by atoms with Crippen LogP contribution >= 0.6 is 0 Å². The summed E-state index contributed by atoms with van der Waals surface area (Å²) >= 11 is 0. The van der Waals surface area contributed by atoms with Crippen molar-refractivity contribution in [1.82, 2.24) is 14.7 Å². The number of carbonyl (C=O) groups excluding carboxylic acids is 1. The number of fused-ring (bicyclic) bond motifs is 1. The van der Waals surface area contributed by atoms with Crippen LogP contribution in [0.1, 0.15) is 46.0 Å². The number of carbonyl (C=O) groups is 1. The van der Waals surface area contributed by atoms with Crippen LogP contribution in [0.3, 0.4) is 0 Å². The smallest absolute Gasteiger partial charge is 0.408 e. The summed E-state index contributed by atoms with van der Waals surface area (Å²) in [6.45, 7) is 11.4. The van der Waals surface area contributed by atoms with Crippen molar-refractivity contribution in [2.75, 3.05) is 0 Å². The standard InChI is InChI=1S/C16H23N3O2/c1-11-8-7-9-19-12(11)10-17-13(19)16(5,6)18-14(20)21-15(2,3)4/h7-10H,1-6H3,(H,18,20). The van der Waals surface area contributed by atoms with E-state index in [0.717, 1.165) is 16.9 Å². The third-order valence-electron chi connectivity index (χ3n) is 3.15. The van der Waals surface area contributed by atoms with Gasteiger partial charge in [-0.15, -0.1) is 0 Å². The van der Waals surface area contributed by atoms with E-state index in [1.54, 1.807) is 0 Å². The second-order valence-electron chi connectivity index (χ2n) is 6.78. The van der Waals surface area contributed by atoms with Gasteiger partial charge in [0, 0.05) is 6.20 Å². The number of rotatable bonds is 2. The van der Waals surface area contributed by atoms with E-state index in [2.05, 4.69) is 10.3 Å². The highest BCUT2D eigenvalue weighted by atomic mass is 16.6. The first-order chi connectivity index (χ1) is 9.60. The number of hydrogen-bond donors (Lipinski definition) is 1. The minimum absolute atomic E-state index is 0.447. The van der Waals surface area contributed by atoms with E-state index >= 15 is 0 Å². The summed E-state index contributed by atoms with van der Waals surface area (Å²) in [6.07, 6.45) is 3.32. The molecule has 0 aliphatic carbocycles. The Morgan fingerprint density at radius 3 is 2.57 bits per heavy atom. The van der Waals surface area contributed by atoms with E-state index in [-0.39, 0.29) is 0 Å². The lowest BCUT2D eigenvalue weighted by molar-refractivity contribution is 0.0466. The molecule has 5 heteroatoms. The molecule has 1 amide bonds. The summed E-state index contributed by atoms with van der Waals surface area (Å²) < 4.78 is 7.31. The van der Waals surface area contributed by atoms with Crippen LogP contribution in [0.4, 0.5) is 4.79 Å². The SMILES string of the molecule is Cc1cccn2c(C(C)(C)NC(=O)OC(C)(C)C)ncc12. The molecule has 2 rings (SSSR count).